The van der Waals surface area contributed by atoms with Crippen molar-refractivity contribution in [2.75, 3.05) is 25.5 Å². The standard InChI is InChI=1S/C24H29FN2O.C7H8/c1-16(2)7-6-14-27(5)20-12-13-21-22(15-20)28-24(23(21)17(3)26-4)18-8-10-19(25)11-9-18;1-7-5-3-2-4-6-7/h8-13,15-16,26H,3,6-7,14H2,1-2,4-5H3;2-6H,1H3. The molecule has 4 rings (SSSR count). The average Bonchev–Trinajstić information content (AvgIpc) is 3.23. The topological polar surface area (TPSA) is 28.4 Å². The van der Waals surface area contributed by atoms with E-state index in [-0.39, 0.29) is 5.82 Å². The number of halogens is 1. The van der Waals surface area contributed by atoms with Crippen molar-refractivity contribution in [2.45, 2.75) is 33.6 Å². The summed E-state index contributed by atoms with van der Waals surface area (Å²) in [6.07, 6.45) is 2.38. The fourth-order valence-electron chi connectivity index (χ4n) is 3.95. The number of rotatable bonds is 8. The van der Waals surface area contributed by atoms with Gasteiger partial charge < -0.3 is 14.6 Å². The molecule has 0 unspecified atom stereocenters. The van der Waals surface area contributed by atoms with Crippen molar-refractivity contribution in [1.82, 2.24) is 5.32 Å². The Morgan fingerprint density at radius 3 is 2.29 bits per heavy atom. The summed E-state index contributed by atoms with van der Waals surface area (Å²) in [4.78, 5) is 2.26. The van der Waals surface area contributed by atoms with Crippen molar-refractivity contribution < 1.29 is 8.81 Å². The van der Waals surface area contributed by atoms with Crippen LogP contribution in [0.5, 0.6) is 0 Å². The molecule has 0 aliphatic carbocycles. The quantitative estimate of drug-likeness (QED) is 0.280. The van der Waals surface area contributed by atoms with Crippen molar-refractivity contribution in [3.05, 3.63) is 96.3 Å². The number of anilines is 1. The molecule has 0 aliphatic heterocycles. The van der Waals surface area contributed by atoms with Crippen molar-refractivity contribution in [2.24, 2.45) is 5.92 Å². The normalized spacial score (nSPS) is 10.7. The molecule has 0 saturated carbocycles. The SMILES string of the molecule is C=C(NC)c1c(-c2ccc(F)cc2)oc2cc(N(C)CCCC(C)C)ccc12.Cc1ccccc1. The summed E-state index contributed by atoms with van der Waals surface area (Å²) in [7, 11) is 3.95. The van der Waals surface area contributed by atoms with E-state index in [0.717, 1.165) is 46.4 Å². The minimum absolute atomic E-state index is 0.265. The van der Waals surface area contributed by atoms with Gasteiger partial charge in [-0.15, -0.1) is 0 Å². The average molecular weight is 473 g/mol. The molecule has 0 spiro atoms. The smallest absolute Gasteiger partial charge is 0.144 e. The number of hydrogen-bond donors (Lipinski definition) is 1. The van der Waals surface area contributed by atoms with Crippen LogP contribution in [0.15, 0.2) is 83.8 Å². The lowest BCUT2D eigenvalue weighted by molar-refractivity contribution is 0.555. The van der Waals surface area contributed by atoms with Gasteiger partial charge in [0.15, 0.2) is 0 Å². The molecule has 0 aliphatic rings. The molecule has 0 amide bonds. The molecule has 3 aromatic carbocycles. The zero-order chi connectivity index (χ0) is 25.4. The van der Waals surface area contributed by atoms with Gasteiger partial charge in [-0.25, -0.2) is 4.39 Å². The van der Waals surface area contributed by atoms with Crippen LogP contribution in [0, 0.1) is 18.7 Å². The van der Waals surface area contributed by atoms with Crippen LogP contribution >= 0.6 is 0 Å². The third-order valence-corrected chi connectivity index (χ3v) is 6.04. The van der Waals surface area contributed by atoms with E-state index >= 15 is 0 Å². The first-order valence-electron chi connectivity index (χ1n) is 12.2. The summed E-state index contributed by atoms with van der Waals surface area (Å²) >= 11 is 0. The van der Waals surface area contributed by atoms with E-state index in [4.69, 9.17) is 4.42 Å². The maximum absolute atomic E-state index is 13.4. The first kappa shape index (κ1) is 26.1. The molecule has 184 valence electrons. The van der Waals surface area contributed by atoms with Crippen LogP contribution < -0.4 is 10.2 Å². The van der Waals surface area contributed by atoms with Gasteiger partial charge >= 0.3 is 0 Å². The molecule has 1 heterocycles. The zero-order valence-electron chi connectivity index (χ0n) is 21.6. The molecule has 4 aromatic rings. The molecule has 0 atom stereocenters. The number of hydrogen-bond acceptors (Lipinski definition) is 3. The number of fused-ring (bicyclic) bond motifs is 1. The highest BCUT2D eigenvalue weighted by Gasteiger charge is 2.19. The van der Waals surface area contributed by atoms with Crippen LogP contribution in [-0.4, -0.2) is 20.6 Å². The van der Waals surface area contributed by atoms with Gasteiger partial charge in [-0.05, 0) is 62.1 Å². The molecule has 3 nitrogen and oxygen atoms in total. The number of nitrogens with one attached hydrogen (secondary N) is 1. The Bertz CT molecular complexity index is 1230. The Morgan fingerprint density at radius 1 is 1.03 bits per heavy atom. The van der Waals surface area contributed by atoms with Gasteiger partial charge in [0, 0.05) is 49.0 Å². The van der Waals surface area contributed by atoms with Crippen molar-refractivity contribution in [3.8, 4) is 11.3 Å². The lowest BCUT2D eigenvalue weighted by atomic mass is 10.0. The van der Waals surface area contributed by atoms with Crippen LogP contribution in [0.3, 0.4) is 0 Å². The van der Waals surface area contributed by atoms with Gasteiger partial charge in [0.1, 0.15) is 17.2 Å². The Hall–Kier alpha value is -3.53. The fraction of sp³-hybridized carbons (Fsp3) is 0.290. The van der Waals surface area contributed by atoms with E-state index in [1.165, 1.54) is 24.1 Å². The van der Waals surface area contributed by atoms with Gasteiger partial charge in [0.25, 0.3) is 0 Å². The molecule has 35 heavy (non-hydrogen) atoms. The molecular formula is C31H37FN2O. The molecule has 0 saturated heterocycles. The number of aryl methyl sites for hydroxylation is 1. The van der Waals surface area contributed by atoms with Crippen LogP contribution in [-0.2, 0) is 0 Å². The highest BCUT2D eigenvalue weighted by molar-refractivity contribution is 5.98. The molecule has 0 bridgehead atoms. The summed E-state index contributed by atoms with van der Waals surface area (Å²) in [5, 5.41) is 4.12. The summed E-state index contributed by atoms with van der Waals surface area (Å²) in [5.74, 6) is 1.16. The highest BCUT2D eigenvalue weighted by Crippen LogP contribution is 2.38. The maximum Gasteiger partial charge on any atom is 0.144 e. The van der Waals surface area contributed by atoms with Gasteiger partial charge in [-0.2, -0.15) is 0 Å². The van der Waals surface area contributed by atoms with Crippen LogP contribution in [0.25, 0.3) is 28.0 Å². The lowest BCUT2D eigenvalue weighted by Gasteiger charge is -2.19. The Labute approximate surface area is 209 Å². The van der Waals surface area contributed by atoms with Gasteiger partial charge in [0.2, 0.25) is 0 Å². The number of nitrogens with zero attached hydrogens (tertiary/aromatic N) is 1. The number of furan rings is 1. The lowest BCUT2D eigenvalue weighted by Crippen LogP contribution is -2.18. The molecular weight excluding hydrogens is 435 g/mol. The Balaban J connectivity index is 0.000000420. The van der Waals surface area contributed by atoms with E-state index in [9.17, 15) is 4.39 Å². The van der Waals surface area contributed by atoms with Crippen molar-refractivity contribution in [3.63, 3.8) is 0 Å². The number of benzene rings is 3. The summed E-state index contributed by atoms with van der Waals surface area (Å²) in [5.41, 5.74) is 5.77. The fourth-order valence-corrected chi connectivity index (χ4v) is 3.95. The van der Waals surface area contributed by atoms with E-state index in [2.05, 4.69) is 74.9 Å². The predicted octanol–water partition coefficient (Wildman–Crippen LogP) is 8.30. The third-order valence-electron chi connectivity index (χ3n) is 6.04. The highest BCUT2D eigenvalue weighted by atomic mass is 19.1. The second kappa shape index (κ2) is 12.3. The van der Waals surface area contributed by atoms with Crippen molar-refractivity contribution >= 4 is 22.4 Å². The van der Waals surface area contributed by atoms with Crippen LogP contribution in [0.1, 0.15) is 37.8 Å². The molecule has 0 fully saturated rings. The van der Waals surface area contributed by atoms with E-state index in [1.807, 2.05) is 25.2 Å². The summed E-state index contributed by atoms with van der Waals surface area (Å²) in [6.45, 7) is 11.7. The maximum atomic E-state index is 13.4. The van der Waals surface area contributed by atoms with Crippen LogP contribution in [0.2, 0.25) is 0 Å². The Morgan fingerprint density at radius 2 is 1.71 bits per heavy atom. The van der Waals surface area contributed by atoms with Crippen molar-refractivity contribution in [1.29, 1.82) is 0 Å². The minimum Gasteiger partial charge on any atom is -0.455 e. The monoisotopic (exact) mass is 472 g/mol. The predicted molar refractivity (Wildman–Crippen MR) is 148 cm³/mol. The molecule has 1 aromatic heterocycles. The van der Waals surface area contributed by atoms with Gasteiger partial charge in [-0.3, -0.25) is 0 Å². The second-order valence-electron chi connectivity index (χ2n) is 9.33. The van der Waals surface area contributed by atoms with Gasteiger partial charge in [0.05, 0.1) is 5.56 Å². The molecule has 1 N–H and O–H groups in total. The minimum atomic E-state index is -0.265. The molecule has 4 heteroatoms. The first-order valence-corrected chi connectivity index (χ1v) is 12.2. The zero-order valence-corrected chi connectivity index (χ0v) is 21.6. The molecule has 0 radical (unpaired) electrons. The second-order valence-corrected chi connectivity index (χ2v) is 9.33. The third kappa shape index (κ3) is 6.98. The van der Waals surface area contributed by atoms with E-state index in [1.54, 1.807) is 12.1 Å². The largest absolute Gasteiger partial charge is 0.455 e. The Kier molecular flexibility index (Phi) is 9.13. The van der Waals surface area contributed by atoms with Gasteiger partial charge in [-0.1, -0.05) is 56.3 Å². The first-order chi connectivity index (χ1) is 16.8. The summed E-state index contributed by atoms with van der Waals surface area (Å²) in [6, 6.07) is 22.9. The van der Waals surface area contributed by atoms with Crippen LogP contribution in [0.4, 0.5) is 10.1 Å². The summed E-state index contributed by atoms with van der Waals surface area (Å²) < 4.78 is 19.6. The van der Waals surface area contributed by atoms with E-state index < -0.39 is 0 Å². The van der Waals surface area contributed by atoms with E-state index in [0.29, 0.717) is 11.7 Å².